The molecule has 0 amide bonds. The van der Waals surface area contributed by atoms with Gasteiger partial charge in [-0.3, -0.25) is 4.79 Å². The molecule has 29 heavy (non-hydrogen) atoms. The number of hydrogen-bond acceptors (Lipinski definition) is 4. The van der Waals surface area contributed by atoms with Crippen LogP contribution in [0, 0.1) is 0 Å². The van der Waals surface area contributed by atoms with Crippen molar-refractivity contribution in [3.63, 3.8) is 0 Å². The van der Waals surface area contributed by atoms with E-state index in [1.807, 2.05) is 0 Å². The van der Waals surface area contributed by atoms with E-state index in [-0.39, 0.29) is 19.0 Å². The summed E-state index contributed by atoms with van der Waals surface area (Å²) >= 11 is 0. The third kappa shape index (κ3) is 12.8. The fourth-order valence-corrected chi connectivity index (χ4v) is 4.01. The van der Waals surface area contributed by atoms with Crippen LogP contribution in [0.15, 0.2) is 0 Å². The Morgan fingerprint density at radius 1 is 0.759 bits per heavy atom. The predicted octanol–water partition coefficient (Wildman–Crippen LogP) is 6.99. The van der Waals surface area contributed by atoms with Gasteiger partial charge in [0.2, 0.25) is 0 Å². The molecule has 1 atom stereocenters. The lowest BCUT2D eigenvalue weighted by Gasteiger charge is -2.38. The minimum Gasteiger partial charge on any atom is -0.370 e. The molecular formula is C25H48O4. The lowest BCUT2D eigenvalue weighted by Crippen LogP contribution is -2.49. The molecule has 172 valence electrons. The van der Waals surface area contributed by atoms with E-state index in [0.29, 0.717) is 0 Å². The molecule has 0 bridgehead atoms. The van der Waals surface area contributed by atoms with Crippen molar-refractivity contribution in [1.29, 1.82) is 0 Å². The highest BCUT2D eigenvalue weighted by Gasteiger charge is 2.39. The molecule has 0 aromatic carbocycles. The highest BCUT2D eigenvalue weighted by atomic mass is 16.7. The number of unbranched alkanes of at least 4 members (excludes halogenated alkanes) is 13. The van der Waals surface area contributed by atoms with E-state index in [0.717, 1.165) is 25.9 Å². The zero-order chi connectivity index (χ0) is 21.2. The topological polar surface area (TPSA) is 44.8 Å². The SMILES string of the molecule is CCCCCCCCCCCCCC(C)(OCCCCCC)C1OCC(=O)CO1. The van der Waals surface area contributed by atoms with Crippen molar-refractivity contribution < 1.29 is 19.0 Å². The molecule has 1 aliphatic heterocycles. The fraction of sp³-hybridized carbons (Fsp3) is 0.960. The van der Waals surface area contributed by atoms with Gasteiger partial charge in [0.05, 0.1) is 0 Å². The Balaban J connectivity index is 2.22. The first-order valence-corrected chi connectivity index (χ1v) is 12.5. The molecule has 0 radical (unpaired) electrons. The molecule has 0 saturated carbocycles. The first kappa shape index (κ1) is 26.6. The van der Waals surface area contributed by atoms with Gasteiger partial charge in [-0.2, -0.15) is 0 Å². The molecule has 0 aliphatic carbocycles. The van der Waals surface area contributed by atoms with Crippen LogP contribution < -0.4 is 0 Å². The number of carbonyl (C=O) groups is 1. The van der Waals surface area contributed by atoms with Crippen molar-refractivity contribution in [2.75, 3.05) is 19.8 Å². The molecule has 4 nitrogen and oxygen atoms in total. The van der Waals surface area contributed by atoms with E-state index in [1.54, 1.807) is 0 Å². The monoisotopic (exact) mass is 412 g/mol. The highest BCUT2D eigenvalue weighted by molar-refractivity contribution is 5.81. The van der Waals surface area contributed by atoms with E-state index >= 15 is 0 Å². The highest BCUT2D eigenvalue weighted by Crippen LogP contribution is 2.29. The van der Waals surface area contributed by atoms with Crippen LogP contribution in [0.2, 0.25) is 0 Å². The van der Waals surface area contributed by atoms with E-state index in [9.17, 15) is 4.79 Å². The normalized spacial score (nSPS) is 17.6. The maximum atomic E-state index is 11.4. The van der Waals surface area contributed by atoms with Crippen molar-refractivity contribution in [2.24, 2.45) is 0 Å². The summed E-state index contributed by atoms with van der Waals surface area (Å²) < 4.78 is 17.7. The number of ether oxygens (including phenoxy) is 3. The van der Waals surface area contributed by atoms with Crippen molar-refractivity contribution in [3.8, 4) is 0 Å². The van der Waals surface area contributed by atoms with E-state index in [2.05, 4.69) is 20.8 Å². The lowest BCUT2D eigenvalue weighted by molar-refractivity contribution is -0.262. The van der Waals surface area contributed by atoms with Crippen LogP contribution in [0.5, 0.6) is 0 Å². The van der Waals surface area contributed by atoms with Crippen molar-refractivity contribution >= 4 is 5.78 Å². The largest absolute Gasteiger partial charge is 0.370 e. The average Bonchev–Trinajstić information content (AvgIpc) is 2.72. The first-order valence-electron chi connectivity index (χ1n) is 12.5. The molecule has 0 N–H and O–H groups in total. The maximum Gasteiger partial charge on any atom is 0.187 e. The third-order valence-electron chi connectivity index (χ3n) is 6.00. The van der Waals surface area contributed by atoms with Gasteiger partial charge in [-0.1, -0.05) is 104 Å². The molecule has 0 aromatic rings. The van der Waals surface area contributed by atoms with Gasteiger partial charge in [-0.05, 0) is 19.8 Å². The average molecular weight is 413 g/mol. The number of hydrogen-bond donors (Lipinski definition) is 0. The molecule has 1 rings (SSSR count). The van der Waals surface area contributed by atoms with E-state index in [1.165, 1.54) is 83.5 Å². The van der Waals surface area contributed by atoms with Crippen LogP contribution in [0.25, 0.3) is 0 Å². The van der Waals surface area contributed by atoms with E-state index in [4.69, 9.17) is 14.2 Å². The first-order chi connectivity index (χ1) is 14.1. The smallest absolute Gasteiger partial charge is 0.187 e. The minimum atomic E-state index is -0.452. The molecule has 1 saturated heterocycles. The maximum absolute atomic E-state index is 11.4. The van der Waals surface area contributed by atoms with Gasteiger partial charge in [-0.15, -0.1) is 0 Å². The van der Waals surface area contributed by atoms with Gasteiger partial charge >= 0.3 is 0 Å². The number of Topliss-reactive ketones (excluding diaryl/α,β-unsaturated/α-hetero) is 1. The molecule has 0 aromatic heterocycles. The Kier molecular flexibility index (Phi) is 15.8. The standard InChI is InChI=1S/C25H48O4/c1-4-6-8-10-11-12-13-14-15-16-17-19-25(3,29-20-18-9-7-5-2)24-27-21-23(26)22-28-24/h24H,4-22H2,1-3H3. The molecule has 1 unspecified atom stereocenters. The van der Waals surface area contributed by atoms with Crippen molar-refractivity contribution in [2.45, 2.75) is 135 Å². The number of ketones is 1. The third-order valence-corrected chi connectivity index (χ3v) is 6.00. The molecule has 1 heterocycles. The molecule has 4 heteroatoms. The van der Waals surface area contributed by atoms with Crippen LogP contribution >= 0.6 is 0 Å². The van der Waals surface area contributed by atoms with Crippen LogP contribution in [0.4, 0.5) is 0 Å². The van der Waals surface area contributed by atoms with Crippen LogP contribution in [0.3, 0.4) is 0 Å². The Morgan fingerprint density at radius 3 is 1.72 bits per heavy atom. The van der Waals surface area contributed by atoms with E-state index < -0.39 is 11.9 Å². The van der Waals surface area contributed by atoms with Gasteiger partial charge < -0.3 is 14.2 Å². The van der Waals surface area contributed by atoms with Crippen molar-refractivity contribution in [1.82, 2.24) is 0 Å². The molecule has 1 fully saturated rings. The Bertz CT molecular complexity index is 388. The summed E-state index contributed by atoms with van der Waals surface area (Å²) in [7, 11) is 0. The second kappa shape index (κ2) is 17.3. The summed E-state index contributed by atoms with van der Waals surface area (Å²) in [5, 5.41) is 0. The summed E-state index contributed by atoms with van der Waals surface area (Å²) in [5.74, 6) is 0.0150. The molecule has 1 aliphatic rings. The van der Waals surface area contributed by atoms with Gasteiger partial charge in [0.15, 0.2) is 12.1 Å². The van der Waals surface area contributed by atoms with Crippen molar-refractivity contribution in [3.05, 3.63) is 0 Å². The van der Waals surface area contributed by atoms with Gasteiger partial charge in [0, 0.05) is 6.61 Å². The number of rotatable bonds is 19. The summed E-state index contributed by atoms with van der Waals surface area (Å²) in [6, 6.07) is 0. The second-order valence-corrected chi connectivity index (χ2v) is 9.00. The minimum absolute atomic E-state index is 0.0150. The van der Waals surface area contributed by atoms with Gasteiger partial charge in [-0.25, -0.2) is 0 Å². The summed E-state index contributed by atoms with van der Waals surface area (Å²) in [6.45, 7) is 7.64. The fourth-order valence-electron chi connectivity index (χ4n) is 4.01. The zero-order valence-electron chi connectivity index (χ0n) is 19.6. The lowest BCUT2D eigenvalue weighted by atomic mass is 9.95. The summed E-state index contributed by atoms with van der Waals surface area (Å²) in [4.78, 5) is 11.4. The Hall–Kier alpha value is -0.450. The van der Waals surface area contributed by atoms with Crippen LogP contribution in [-0.2, 0) is 19.0 Å². The zero-order valence-corrected chi connectivity index (χ0v) is 19.6. The van der Waals surface area contributed by atoms with Gasteiger partial charge in [0.25, 0.3) is 0 Å². The Labute approximate surface area is 180 Å². The summed E-state index contributed by atoms with van der Waals surface area (Å²) in [6.07, 6.45) is 20.0. The summed E-state index contributed by atoms with van der Waals surface area (Å²) in [5.41, 5.74) is -0.452. The predicted molar refractivity (Wildman–Crippen MR) is 120 cm³/mol. The second-order valence-electron chi connectivity index (χ2n) is 9.00. The van der Waals surface area contributed by atoms with Crippen LogP contribution in [-0.4, -0.2) is 37.5 Å². The number of carbonyl (C=O) groups excluding carboxylic acids is 1. The Morgan fingerprint density at radius 2 is 1.21 bits per heavy atom. The molecule has 0 spiro atoms. The molecular weight excluding hydrogens is 364 g/mol. The van der Waals surface area contributed by atoms with Crippen LogP contribution in [0.1, 0.15) is 124 Å². The van der Waals surface area contributed by atoms with Gasteiger partial charge in [0.1, 0.15) is 18.8 Å². The quantitative estimate of drug-likeness (QED) is 0.215.